The molecule has 0 saturated heterocycles. The Labute approximate surface area is 133 Å². The highest BCUT2D eigenvalue weighted by Gasteiger charge is 2.12. The van der Waals surface area contributed by atoms with Gasteiger partial charge in [0.2, 0.25) is 0 Å². The van der Waals surface area contributed by atoms with E-state index in [2.05, 4.69) is 55.6 Å². The van der Waals surface area contributed by atoms with Crippen molar-refractivity contribution in [2.24, 2.45) is 0 Å². The predicted octanol–water partition coefficient (Wildman–Crippen LogP) is 6.35. The molecule has 0 aliphatic heterocycles. The Hall–Kier alpha value is -0.470. The van der Waals surface area contributed by atoms with Gasteiger partial charge in [-0.2, -0.15) is 0 Å². The first-order chi connectivity index (χ1) is 9.81. The molecule has 0 amide bonds. The summed E-state index contributed by atoms with van der Waals surface area (Å²) in [6.45, 7) is 4.63. The highest BCUT2D eigenvalue weighted by atomic mass is 32.1. The molecule has 0 bridgehead atoms. The van der Waals surface area contributed by atoms with Crippen molar-refractivity contribution >= 4 is 46.6 Å². The third kappa shape index (κ3) is 2.92. The molecule has 104 valence electrons. The SMILES string of the molecule is CCP(CC)c1ccc(-c2ccc(-c3cccs3)s2)s1. The third-order valence-corrected chi connectivity index (χ3v) is 9.86. The van der Waals surface area contributed by atoms with Gasteiger partial charge in [-0.25, -0.2) is 0 Å². The first kappa shape index (κ1) is 14.5. The van der Waals surface area contributed by atoms with Crippen molar-refractivity contribution in [3.05, 3.63) is 41.8 Å². The van der Waals surface area contributed by atoms with Gasteiger partial charge in [0.1, 0.15) is 0 Å². The van der Waals surface area contributed by atoms with Crippen molar-refractivity contribution in [3.8, 4) is 19.5 Å². The van der Waals surface area contributed by atoms with E-state index in [0.29, 0.717) is 0 Å². The lowest BCUT2D eigenvalue weighted by atomic mass is 10.3. The van der Waals surface area contributed by atoms with Crippen molar-refractivity contribution in [1.82, 2.24) is 0 Å². The van der Waals surface area contributed by atoms with Crippen LogP contribution in [0.15, 0.2) is 41.8 Å². The largest absolute Gasteiger partial charge is 0.143 e. The summed E-state index contributed by atoms with van der Waals surface area (Å²) in [5.41, 5.74) is 0. The Kier molecular flexibility index (Phi) is 4.72. The molecule has 0 aliphatic carbocycles. The fourth-order valence-corrected chi connectivity index (χ4v) is 7.81. The molecule has 3 heterocycles. The second-order valence-corrected chi connectivity index (χ2v) is 10.7. The van der Waals surface area contributed by atoms with Gasteiger partial charge in [-0.15, -0.1) is 34.0 Å². The zero-order chi connectivity index (χ0) is 13.9. The fraction of sp³-hybridized carbons (Fsp3) is 0.250. The molecule has 0 radical (unpaired) electrons. The lowest BCUT2D eigenvalue weighted by Gasteiger charge is -2.09. The number of rotatable bonds is 5. The van der Waals surface area contributed by atoms with Crippen LogP contribution < -0.4 is 4.62 Å². The summed E-state index contributed by atoms with van der Waals surface area (Å²) < 4.78 is 1.60. The van der Waals surface area contributed by atoms with Crippen molar-refractivity contribution in [2.45, 2.75) is 13.8 Å². The monoisotopic (exact) mass is 336 g/mol. The normalized spacial score (nSPS) is 11.3. The highest BCUT2D eigenvalue weighted by molar-refractivity contribution is 7.71. The van der Waals surface area contributed by atoms with Crippen molar-refractivity contribution in [3.63, 3.8) is 0 Å². The van der Waals surface area contributed by atoms with Gasteiger partial charge in [-0.3, -0.25) is 0 Å². The van der Waals surface area contributed by atoms with Crippen LogP contribution in [0.2, 0.25) is 0 Å². The fourth-order valence-electron chi connectivity index (χ4n) is 2.19. The first-order valence-corrected chi connectivity index (χ1v) is 11.0. The summed E-state index contributed by atoms with van der Waals surface area (Å²) in [5, 5.41) is 2.15. The molecule has 0 spiro atoms. The molecule has 0 nitrogen and oxygen atoms in total. The third-order valence-electron chi connectivity index (χ3n) is 3.28. The molecule has 3 aromatic heterocycles. The van der Waals surface area contributed by atoms with Crippen LogP contribution in [0.25, 0.3) is 19.5 Å². The molecular formula is C16H17PS3. The molecule has 0 N–H and O–H groups in total. The number of thiophene rings is 3. The Morgan fingerprint density at radius 3 is 2.10 bits per heavy atom. The Balaban J connectivity index is 1.87. The minimum Gasteiger partial charge on any atom is -0.143 e. The van der Waals surface area contributed by atoms with Crippen molar-refractivity contribution in [2.75, 3.05) is 12.3 Å². The summed E-state index contributed by atoms with van der Waals surface area (Å²) in [6, 6.07) is 13.5. The van der Waals surface area contributed by atoms with Crippen LogP contribution in [-0.2, 0) is 0 Å². The Morgan fingerprint density at radius 2 is 1.45 bits per heavy atom. The van der Waals surface area contributed by atoms with E-state index in [4.69, 9.17) is 0 Å². The van der Waals surface area contributed by atoms with E-state index in [1.165, 1.54) is 31.8 Å². The van der Waals surface area contributed by atoms with Gasteiger partial charge in [-0.05, 0) is 48.0 Å². The van der Waals surface area contributed by atoms with Gasteiger partial charge < -0.3 is 0 Å². The second kappa shape index (κ2) is 6.53. The molecule has 0 fully saturated rings. The second-order valence-electron chi connectivity index (χ2n) is 4.45. The number of hydrogen-bond donors (Lipinski definition) is 0. The number of hydrogen-bond acceptors (Lipinski definition) is 3. The molecule has 3 aromatic rings. The van der Waals surface area contributed by atoms with E-state index in [1.54, 1.807) is 4.62 Å². The van der Waals surface area contributed by atoms with E-state index >= 15 is 0 Å². The van der Waals surface area contributed by atoms with Crippen LogP contribution in [0.1, 0.15) is 13.8 Å². The average molecular weight is 336 g/mol. The molecule has 0 saturated carbocycles. The first-order valence-electron chi connectivity index (χ1n) is 6.80. The van der Waals surface area contributed by atoms with E-state index in [-0.39, 0.29) is 7.92 Å². The Morgan fingerprint density at radius 1 is 0.800 bits per heavy atom. The molecule has 20 heavy (non-hydrogen) atoms. The van der Waals surface area contributed by atoms with Gasteiger partial charge in [0.05, 0.1) is 0 Å². The maximum atomic E-state index is 2.35. The molecule has 0 aliphatic rings. The van der Waals surface area contributed by atoms with Gasteiger partial charge in [0.15, 0.2) is 0 Å². The van der Waals surface area contributed by atoms with E-state index in [0.717, 1.165) is 0 Å². The highest BCUT2D eigenvalue weighted by Crippen LogP contribution is 2.41. The van der Waals surface area contributed by atoms with Crippen molar-refractivity contribution < 1.29 is 0 Å². The predicted molar refractivity (Wildman–Crippen MR) is 98.6 cm³/mol. The molecule has 4 heteroatoms. The molecule has 0 atom stereocenters. The zero-order valence-electron chi connectivity index (χ0n) is 11.6. The zero-order valence-corrected chi connectivity index (χ0v) is 15.0. The van der Waals surface area contributed by atoms with Crippen molar-refractivity contribution in [1.29, 1.82) is 0 Å². The quantitative estimate of drug-likeness (QED) is 0.476. The van der Waals surface area contributed by atoms with Crippen LogP contribution >= 0.6 is 41.9 Å². The summed E-state index contributed by atoms with van der Waals surface area (Å²) in [7, 11) is 0.0750. The van der Waals surface area contributed by atoms with Gasteiger partial charge >= 0.3 is 0 Å². The maximum Gasteiger partial charge on any atom is 0.0449 e. The maximum absolute atomic E-state index is 2.35. The van der Waals surface area contributed by atoms with Crippen LogP contribution in [0.5, 0.6) is 0 Å². The Bertz CT molecular complexity index is 660. The molecule has 3 rings (SSSR count). The summed E-state index contributed by atoms with van der Waals surface area (Å²) in [4.78, 5) is 5.61. The molecular weight excluding hydrogens is 319 g/mol. The van der Waals surface area contributed by atoms with Crippen LogP contribution in [0, 0.1) is 0 Å². The van der Waals surface area contributed by atoms with Gasteiger partial charge in [-0.1, -0.05) is 27.8 Å². The molecule has 0 aromatic carbocycles. The van der Waals surface area contributed by atoms with Crippen LogP contribution in [-0.4, -0.2) is 12.3 Å². The standard InChI is InChI=1S/C16H17PS3/c1-3-17(4-2)16-10-9-15(20-16)14-8-7-13(19-14)12-6-5-11-18-12/h5-11H,3-4H2,1-2H3. The smallest absolute Gasteiger partial charge is 0.0449 e. The lowest BCUT2D eigenvalue weighted by molar-refractivity contribution is 1.43. The van der Waals surface area contributed by atoms with E-state index in [1.807, 2.05) is 34.0 Å². The summed E-state index contributed by atoms with van der Waals surface area (Å²) in [5.74, 6) is 0. The van der Waals surface area contributed by atoms with E-state index < -0.39 is 0 Å². The van der Waals surface area contributed by atoms with E-state index in [9.17, 15) is 0 Å². The lowest BCUT2D eigenvalue weighted by Crippen LogP contribution is -1.97. The topological polar surface area (TPSA) is 0 Å². The van der Waals surface area contributed by atoms with Gasteiger partial charge in [0, 0.05) is 24.1 Å². The minimum atomic E-state index is 0.0750. The van der Waals surface area contributed by atoms with Gasteiger partial charge in [0.25, 0.3) is 0 Å². The minimum absolute atomic E-state index is 0.0750. The average Bonchev–Trinajstić information content (AvgIpc) is 3.20. The summed E-state index contributed by atoms with van der Waals surface area (Å²) >= 11 is 5.73. The van der Waals surface area contributed by atoms with Crippen LogP contribution in [0.3, 0.4) is 0 Å². The van der Waals surface area contributed by atoms with Crippen LogP contribution in [0.4, 0.5) is 0 Å². The summed E-state index contributed by atoms with van der Waals surface area (Å²) in [6.07, 6.45) is 2.60. The molecule has 0 unspecified atom stereocenters.